The fourth-order valence-electron chi connectivity index (χ4n) is 1.62. The Bertz CT molecular complexity index is 346. The van der Waals surface area contributed by atoms with Crippen LogP contribution in [-0.4, -0.2) is 12.6 Å². The summed E-state index contributed by atoms with van der Waals surface area (Å²) >= 11 is 0. The largest absolute Gasteiger partial charge is 0.464 e. The zero-order chi connectivity index (χ0) is 11.4. The lowest BCUT2D eigenvalue weighted by molar-refractivity contribution is -0.145. The number of nitrogens with two attached hydrogens (primary N) is 1. The van der Waals surface area contributed by atoms with Gasteiger partial charge in [-0.25, -0.2) is 4.79 Å². The number of hydrogen-bond donors (Lipinski definition) is 1. The Labute approximate surface area is 95.6 Å². The van der Waals surface area contributed by atoms with Crippen LogP contribution in [0.5, 0.6) is 0 Å². The quantitative estimate of drug-likeness (QED) is 0.771. The molecular weight excluding hydrogens is 202 g/mol. The number of carbonyl (C=O) groups is 1. The van der Waals surface area contributed by atoms with Crippen molar-refractivity contribution in [2.45, 2.75) is 25.3 Å². The second-order valence-corrected chi connectivity index (χ2v) is 4.29. The van der Waals surface area contributed by atoms with Crippen LogP contribution in [0.3, 0.4) is 0 Å². The first-order chi connectivity index (χ1) is 7.77. The normalized spacial score (nSPS) is 16.8. The standard InChI is InChI=1S/C13H17NO2/c14-12(11-4-2-1-3-5-11)13(15)16-9-8-10-6-7-10/h1-5,10,12H,6-9,14H2/t12-/m0/s1. The van der Waals surface area contributed by atoms with Gasteiger partial charge >= 0.3 is 5.97 Å². The molecule has 16 heavy (non-hydrogen) atoms. The van der Waals surface area contributed by atoms with Crippen LogP contribution in [0.25, 0.3) is 0 Å². The van der Waals surface area contributed by atoms with E-state index in [4.69, 9.17) is 10.5 Å². The third kappa shape index (κ3) is 3.07. The smallest absolute Gasteiger partial charge is 0.327 e. The Kier molecular flexibility index (Phi) is 3.57. The lowest BCUT2D eigenvalue weighted by Gasteiger charge is -2.11. The van der Waals surface area contributed by atoms with Crippen molar-refractivity contribution in [3.05, 3.63) is 35.9 Å². The van der Waals surface area contributed by atoms with Gasteiger partial charge in [-0.15, -0.1) is 0 Å². The topological polar surface area (TPSA) is 52.3 Å². The van der Waals surface area contributed by atoms with E-state index in [0.29, 0.717) is 6.61 Å². The van der Waals surface area contributed by atoms with Crippen LogP contribution in [0.4, 0.5) is 0 Å². The fraction of sp³-hybridized carbons (Fsp3) is 0.462. The predicted molar refractivity (Wildman–Crippen MR) is 61.7 cm³/mol. The maximum Gasteiger partial charge on any atom is 0.327 e. The van der Waals surface area contributed by atoms with Gasteiger partial charge in [-0.1, -0.05) is 43.2 Å². The van der Waals surface area contributed by atoms with Crippen LogP contribution in [0.1, 0.15) is 30.9 Å². The molecule has 1 saturated carbocycles. The van der Waals surface area contributed by atoms with Gasteiger partial charge in [-0.3, -0.25) is 0 Å². The molecule has 0 spiro atoms. The Balaban J connectivity index is 1.79. The highest BCUT2D eigenvalue weighted by Crippen LogP contribution is 2.32. The molecule has 1 aromatic rings. The molecule has 2 N–H and O–H groups in total. The van der Waals surface area contributed by atoms with Crippen molar-refractivity contribution in [3.63, 3.8) is 0 Å². The van der Waals surface area contributed by atoms with Crippen LogP contribution in [0.2, 0.25) is 0 Å². The van der Waals surface area contributed by atoms with E-state index in [0.717, 1.165) is 17.9 Å². The Morgan fingerprint density at radius 3 is 2.69 bits per heavy atom. The Morgan fingerprint density at radius 2 is 2.06 bits per heavy atom. The Hall–Kier alpha value is -1.35. The lowest BCUT2D eigenvalue weighted by atomic mass is 10.1. The SMILES string of the molecule is N[C@H](C(=O)OCCC1CC1)c1ccccc1. The maximum atomic E-state index is 11.6. The zero-order valence-electron chi connectivity index (χ0n) is 9.26. The van der Waals surface area contributed by atoms with E-state index in [2.05, 4.69) is 0 Å². The van der Waals surface area contributed by atoms with E-state index in [1.54, 1.807) is 0 Å². The van der Waals surface area contributed by atoms with Gasteiger partial charge in [-0.05, 0) is 17.9 Å². The van der Waals surface area contributed by atoms with Gasteiger partial charge in [-0.2, -0.15) is 0 Å². The number of esters is 1. The second kappa shape index (κ2) is 5.12. The summed E-state index contributed by atoms with van der Waals surface area (Å²) in [5.41, 5.74) is 6.60. The molecule has 0 aliphatic heterocycles. The highest BCUT2D eigenvalue weighted by atomic mass is 16.5. The molecule has 0 radical (unpaired) electrons. The zero-order valence-corrected chi connectivity index (χ0v) is 9.26. The van der Waals surface area contributed by atoms with Gasteiger partial charge in [0, 0.05) is 0 Å². The molecular formula is C13H17NO2. The van der Waals surface area contributed by atoms with E-state index in [-0.39, 0.29) is 5.97 Å². The molecule has 0 saturated heterocycles. The highest BCUT2D eigenvalue weighted by molar-refractivity contribution is 5.77. The summed E-state index contributed by atoms with van der Waals surface area (Å²) in [6, 6.07) is 8.66. The number of hydrogen-bond acceptors (Lipinski definition) is 3. The van der Waals surface area contributed by atoms with Gasteiger partial charge in [0.25, 0.3) is 0 Å². The molecule has 1 atom stereocenters. The first-order valence-electron chi connectivity index (χ1n) is 5.74. The average molecular weight is 219 g/mol. The minimum Gasteiger partial charge on any atom is -0.464 e. The second-order valence-electron chi connectivity index (χ2n) is 4.29. The molecule has 0 heterocycles. The summed E-state index contributed by atoms with van der Waals surface area (Å²) < 4.78 is 5.15. The summed E-state index contributed by atoms with van der Waals surface area (Å²) in [6.45, 7) is 0.504. The van der Waals surface area contributed by atoms with Crippen LogP contribution in [0, 0.1) is 5.92 Å². The summed E-state index contributed by atoms with van der Waals surface area (Å²) in [4.78, 5) is 11.6. The molecule has 0 amide bonds. The van der Waals surface area contributed by atoms with Gasteiger partial charge in [0.2, 0.25) is 0 Å². The minimum absolute atomic E-state index is 0.327. The number of ether oxygens (including phenoxy) is 1. The van der Waals surface area contributed by atoms with E-state index in [1.165, 1.54) is 12.8 Å². The number of rotatable bonds is 5. The molecule has 1 aromatic carbocycles. The van der Waals surface area contributed by atoms with Crippen LogP contribution in [-0.2, 0) is 9.53 Å². The van der Waals surface area contributed by atoms with Crippen molar-refractivity contribution >= 4 is 5.97 Å². The van der Waals surface area contributed by atoms with Crippen molar-refractivity contribution in [1.29, 1.82) is 0 Å². The average Bonchev–Trinajstić information content (AvgIpc) is 3.13. The monoisotopic (exact) mass is 219 g/mol. The van der Waals surface area contributed by atoms with Crippen molar-refractivity contribution in [3.8, 4) is 0 Å². The molecule has 1 aliphatic rings. The predicted octanol–water partition coefficient (Wildman–Crippen LogP) is 2.03. The molecule has 0 aromatic heterocycles. The van der Waals surface area contributed by atoms with Gasteiger partial charge in [0.05, 0.1) is 6.61 Å². The van der Waals surface area contributed by atoms with Crippen molar-refractivity contribution in [2.75, 3.05) is 6.61 Å². The summed E-state index contributed by atoms with van der Waals surface area (Å²) in [5.74, 6) is 0.451. The van der Waals surface area contributed by atoms with Crippen molar-refractivity contribution in [1.82, 2.24) is 0 Å². The molecule has 1 aliphatic carbocycles. The van der Waals surface area contributed by atoms with Gasteiger partial charge in [0.15, 0.2) is 0 Å². The molecule has 0 bridgehead atoms. The van der Waals surface area contributed by atoms with Crippen molar-refractivity contribution in [2.24, 2.45) is 11.7 Å². The summed E-state index contributed by atoms with van der Waals surface area (Å²) in [5, 5.41) is 0. The third-order valence-corrected chi connectivity index (χ3v) is 2.88. The van der Waals surface area contributed by atoms with Gasteiger partial charge < -0.3 is 10.5 Å². The summed E-state index contributed by atoms with van der Waals surface area (Å²) in [6.07, 6.45) is 3.54. The van der Waals surface area contributed by atoms with Crippen LogP contribution < -0.4 is 5.73 Å². The third-order valence-electron chi connectivity index (χ3n) is 2.88. The van der Waals surface area contributed by atoms with Gasteiger partial charge in [0.1, 0.15) is 6.04 Å². The maximum absolute atomic E-state index is 11.6. The molecule has 1 fully saturated rings. The fourth-order valence-corrected chi connectivity index (χ4v) is 1.62. The minimum atomic E-state index is -0.652. The highest BCUT2D eigenvalue weighted by Gasteiger charge is 2.22. The van der Waals surface area contributed by atoms with E-state index < -0.39 is 6.04 Å². The van der Waals surface area contributed by atoms with E-state index >= 15 is 0 Å². The van der Waals surface area contributed by atoms with Crippen molar-refractivity contribution < 1.29 is 9.53 Å². The number of carbonyl (C=O) groups excluding carboxylic acids is 1. The first-order valence-corrected chi connectivity index (χ1v) is 5.74. The van der Waals surface area contributed by atoms with E-state index in [1.807, 2.05) is 30.3 Å². The molecule has 2 rings (SSSR count). The number of benzene rings is 1. The Morgan fingerprint density at radius 1 is 1.38 bits per heavy atom. The van der Waals surface area contributed by atoms with E-state index in [9.17, 15) is 4.79 Å². The first kappa shape index (κ1) is 11.1. The molecule has 3 nitrogen and oxygen atoms in total. The molecule has 0 unspecified atom stereocenters. The molecule has 3 heteroatoms. The summed E-state index contributed by atoms with van der Waals surface area (Å²) in [7, 11) is 0. The van der Waals surface area contributed by atoms with Crippen LogP contribution in [0.15, 0.2) is 30.3 Å². The molecule has 86 valence electrons. The lowest BCUT2D eigenvalue weighted by Crippen LogP contribution is -2.24. The van der Waals surface area contributed by atoms with Crippen LogP contribution >= 0.6 is 0 Å².